The van der Waals surface area contributed by atoms with Gasteiger partial charge in [-0.15, -0.1) is 0 Å². The molecule has 1 N–H and O–H groups in total. The quantitative estimate of drug-likeness (QED) is 0.699. The van der Waals surface area contributed by atoms with Crippen LogP contribution in [0.25, 0.3) is 0 Å². The molecule has 7 heteroatoms. The molecule has 20 heavy (non-hydrogen) atoms. The molecule has 1 fully saturated rings. The second-order valence-electron chi connectivity index (χ2n) is 5.01. The van der Waals surface area contributed by atoms with Crippen molar-refractivity contribution in [2.75, 3.05) is 19.8 Å². The lowest BCUT2D eigenvalue weighted by Gasteiger charge is -2.23. The topological polar surface area (TPSA) is 41.6 Å². The van der Waals surface area contributed by atoms with Crippen LogP contribution in [0.2, 0.25) is 0 Å². The van der Waals surface area contributed by atoms with Crippen molar-refractivity contribution < 1.29 is 22.7 Å². The molecule has 0 bridgehead atoms. The lowest BCUT2D eigenvalue weighted by molar-refractivity contribution is -0.175. The largest absolute Gasteiger partial charge is 0.411 e. The highest BCUT2D eigenvalue weighted by Gasteiger charge is 2.37. The Labute approximate surface area is 117 Å². The number of amides is 1. The third-order valence-corrected chi connectivity index (χ3v) is 3.23. The van der Waals surface area contributed by atoms with E-state index in [1.165, 1.54) is 0 Å². The molecule has 118 valence electrons. The minimum Gasteiger partial charge on any atom is -0.370 e. The first-order chi connectivity index (χ1) is 9.39. The lowest BCUT2D eigenvalue weighted by atomic mass is 10.2. The van der Waals surface area contributed by atoms with Gasteiger partial charge in [-0.05, 0) is 12.8 Å². The summed E-state index contributed by atoms with van der Waals surface area (Å²) in [6.07, 6.45) is -1.06. The Morgan fingerprint density at radius 1 is 1.25 bits per heavy atom. The minimum atomic E-state index is -4.32. The van der Waals surface area contributed by atoms with E-state index in [0.29, 0.717) is 0 Å². The van der Waals surface area contributed by atoms with Crippen molar-refractivity contribution in [3.8, 4) is 0 Å². The molecule has 4 nitrogen and oxygen atoms in total. The summed E-state index contributed by atoms with van der Waals surface area (Å²) in [6, 6.07) is -0.209. The summed E-state index contributed by atoms with van der Waals surface area (Å²) in [7, 11) is 0. The summed E-state index contributed by atoms with van der Waals surface area (Å²) in [5, 5.41) is 3.25. The van der Waals surface area contributed by atoms with Gasteiger partial charge in [0.25, 0.3) is 0 Å². The SMILES string of the molecule is CCCC1NC(CCC)N(CCOCC(F)(F)F)C1=O. The number of nitrogens with one attached hydrogen (secondary N) is 1. The first-order valence-electron chi connectivity index (χ1n) is 7.10. The van der Waals surface area contributed by atoms with Crippen LogP contribution in [0.15, 0.2) is 0 Å². The number of halogens is 3. The number of carbonyl (C=O) groups is 1. The third kappa shape index (κ3) is 5.28. The Morgan fingerprint density at radius 2 is 1.90 bits per heavy atom. The van der Waals surface area contributed by atoms with Gasteiger partial charge in [0.2, 0.25) is 5.91 Å². The van der Waals surface area contributed by atoms with E-state index in [-0.39, 0.29) is 31.3 Å². The van der Waals surface area contributed by atoms with Crippen LogP contribution >= 0.6 is 0 Å². The predicted octanol–water partition coefficient (Wildman–Crippen LogP) is 2.29. The van der Waals surface area contributed by atoms with E-state index in [4.69, 9.17) is 0 Å². The van der Waals surface area contributed by atoms with Crippen LogP contribution in [-0.2, 0) is 9.53 Å². The summed E-state index contributed by atoms with van der Waals surface area (Å²) in [5.41, 5.74) is 0. The van der Waals surface area contributed by atoms with Crippen LogP contribution in [0.5, 0.6) is 0 Å². The van der Waals surface area contributed by atoms with E-state index in [0.717, 1.165) is 25.7 Å². The molecule has 1 rings (SSSR count). The number of ether oxygens (including phenoxy) is 1. The van der Waals surface area contributed by atoms with Crippen LogP contribution in [0.3, 0.4) is 0 Å². The van der Waals surface area contributed by atoms with Crippen molar-refractivity contribution in [2.45, 2.75) is 57.9 Å². The van der Waals surface area contributed by atoms with Crippen molar-refractivity contribution in [3.05, 3.63) is 0 Å². The fourth-order valence-electron chi connectivity index (χ4n) is 2.37. The Hall–Kier alpha value is -0.820. The van der Waals surface area contributed by atoms with Crippen molar-refractivity contribution in [1.29, 1.82) is 0 Å². The molecule has 0 aromatic rings. The first kappa shape index (κ1) is 17.2. The van der Waals surface area contributed by atoms with Gasteiger partial charge < -0.3 is 9.64 Å². The average Bonchev–Trinajstić information content (AvgIpc) is 2.62. The van der Waals surface area contributed by atoms with Crippen molar-refractivity contribution >= 4 is 5.91 Å². The Bertz CT molecular complexity index is 310. The lowest BCUT2D eigenvalue weighted by Crippen LogP contribution is -2.39. The third-order valence-electron chi connectivity index (χ3n) is 3.23. The maximum atomic E-state index is 12.2. The Kier molecular flexibility index (Phi) is 6.75. The number of nitrogens with zero attached hydrogens (tertiary/aromatic N) is 1. The monoisotopic (exact) mass is 296 g/mol. The van der Waals surface area contributed by atoms with Crippen molar-refractivity contribution in [2.24, 2.45) is 0 Å². The molecule has 1 aliphatic heterocycles. The van der Waals surface area contributed by atoms with Crippen LogP contribution in [0.1, 0.15) is 39.5 Å². The standard InChI is InChI=1S/C13H23F3N2O2/c1-3-5-10-12(19)18(11(17-10)6-4-2)7-8-20-9-13(14,15)16/h10-11,17H,3-9H2,1-2H3. The number of carbonyl (C=O) groups excluding carboxylic acids is 1. The summed E-state index contributed by atoms with van der Waals surface area (Å²) in [4.78, 5) is 13.8. The van der Waals surface area contributed by atoms with E-state index in [9.17, 15) is 18.0 Å². The molecule has 0 spiro atoms. The number of hydrogen-bond acceptors (Lipinski definition) is 3. The molecule has 2 unspecified atom stereocenters. The second kappa shape index (κ2) is 7.83. The summed E-state index contributed by atoms with van der Waals surface area (Å²) < 4.78 is 40.5. The number of rotatable bonds is 8. The van der Waals surface area contributed by atoms with Gasteiger partial charge in [0.15, 0.2) is 0 Å². The fraction of sp³-hybridized carbons (Fsp3) is 0.923. The zero-order valence-corrected chi connectivity index (χ0v) is 12.0. The molecular weight excluding hydrogens is 273 g/mol. The zero-order valence-electron chi connectivity index (χ0n) is 12.0. The van der Waals surface area contributed by atoms with E-state index in [1.54, 1.807) is 4.90 Å². The molecule has 0 aromatic carbocycles. The highest BCUT2D eigenvalue weighted by molar-refractivity contribution is 5.84. The van der Waals surface area contributed by atoms with E-state index >= 15 is 0 Å². The molecule has 1 aliphatic rings. The molecule has 2 atom stereocenters. The second-order valence-corrected chi connectivity index (χ2v) is 5.01. The normalized spacial score (nSPS) is 23.6. The summed E-state index contributed by atoms with van der Waals surface area (Å²) in [5.74, 6) is -0.0269. The van der Waals surface area contributed by atoms with Crippen molar-refractivity contribution in [3.63, 3.8) is 0 Å². The fourth-order valence-corrected chi connectivity index (χ4v) is 2.37. The maximum Gasteiger partial charge on any atom is 0.411 e. The molecule has 1 saturated heterocycles. The predicted molar refractivity (Wildman–Crippen MR) is 69.1 cm³/mol. The molecular formula is C13H23F3N2O2. The summed E-state index contributed by atoms with van der Waals surface area (Å²) >= 11 is 0. The number of alkyl halides is 3. The van der Waals surface area contributed by atoms with Gasteiger partial charge in [-0.3, -0.25) is 10.1 Å². The minimum absolute atomic E-state index is 0.0269. The van der Waals surface area contributed by atoms with E-state index in [1.807, 2.05) is 13.8 Å². The van der Waals surface area contributed by atoms with Crippen molar-refractivity contribution in [1.82, 2.24) is 10.2 Å². The van der Waals surface area contributed by atoms with Gasteiger partial charge in [0.05, 0.1) is 18.8 Å². The number of hydrogen-bond donors (Lipinski definition) is 1. The van der Waals surface area contributed by atoms with Crippen LogP contribution in [0, 0.1) is 0 Å². The Balaban J connectivity index is 2.45. The maximum absolute atomic E-state index is 12.2. The molecule has 0 radical (unpaired) electrons. The molecule has 0 aliphatic carbocycles. The first-order valence-corrected chi connectivity index (χ1v) is 7.10. The zero-order chi connectivity index (χ0) is 15.2. The van der Waals surface area contributed by atoms with E-state index in [2.05, 4.69) is 10.1 Å². The van der Waals surface area contributed by atoms with Crippen LogP contribution in [-0.4, -0.2) is 48.9 Å². The smallest absolute Gasteiger partial charge is 0.370 e. The average molecular weight is 296 g/mol. The van der Waals surface area contributed by atoms with Gasteiger partial charge in [0.1, 0.15) is 6.61 Å². The molecule has 0 saturated carbocycles. The van der Waals surface area contributed by atoms with Gasteiger partial charge in [0, 0.05) is 6.54 Å². The van der Waals surface area contributed by atoms with Gasteiger partial charge in [-0.1, -0.05) is 26.7 Å². The van der Waals surface area contributed by atoms with E-state index < -0.39 is 12.8 Å². The van der Waals surface area contributed by atoms with Crippen LogP contribution in [0.4, 0.5) is 13.2 Å². The highest BCUT2D eigenvalue weighted by atomic mass is 19.4. The van der Waals surface area contributed by atoms with Gasteiger partial charge in [-0.2, -0.15) is 13.2 Å². The van der Waals surface area contributed by atoms with Crippen LogP contribution < -0.4 is 5.32 Å². The Morgan fingerprint density at radius 3 is 2.45 bits per heavy atom. The van der Waals surface area contributed by atoms with Gasteiger partial charge >= 0.3 is 6.18 Å². The highest BCUT2D eigenvalue weighted by Crippen LogP contribution is 2.18. The molecule has 0 aromatic heterocycles. The van der Waals surface area contributed by atoms with Gasteiger partial charge in [-0.25, -0.2) is 0 Å². The molecule has 1 amide bonds. The molecule has 1 heterocycles. The summed E-state index contributed by atoms with van der Waals surface area (Å²) in [6.45, 7) is 2.86.